The van der Waals surface area contributed by atoms with Crippen molar-refractivity contribution in [3.05, 3.63) is 29.8 Å². The van der Waals surface area contributed by atoms with Crippen molar-refractivity contribution in [2.24, 2.45) is 0 Å². The molecule has 1 aliphatic carbocycles. The number of nitrogens with one attached hydrogen (secondary N) is 1. The van der Waals surface area contributed by atoms with Gasteiger partial charge in [0.25, 0.3) is 5.91 Å². The van der Waals surface area contributed by atoms with Crippen LogP contribution in [0.1, 0.15) is 36.0 Å². The second kappa shape index (κ2) is 7.66. The van der Waals surface area contributed by atoms with Gasteiger partial charge in [-0.1, -0.05) is 12.8 Å². The number of fused-ring (bicyclic) bond motifs is 1. The van der Waals surface area contributed by atoms with Gasteiger partial charge in [0.1, 0.15) is 5.75 Å². The lowest BCUT2D eigenvalue weighted by Gasteiger charge is -2.43. The Hall–Kier alpha value is -2.08. The molecule has 1 N–H and O–H groups in total. The van der Waals surface area contributed by atoms with Crippen LogP contribution in [-0.2, 0) is 9.53 Å². The summed E-state index contributed by atoms with van der Waals surface area (Å²) < 4.78 is 10.9. The molecule has 130 valence electrons. The van der Waals surface area contributed by atoms with Crippen LogP contribution in [0.5, 0.6) is 5.75 Å². The van der Waals surface area contributed by atoms with Gasteiger partial charge in [-0.2, -0.15) is 0 Å². The molecular formula is C18H24N2O4. The molecule has 0 radical (unpaired) electrons. The number of benzene rings is 1. The molecule has 2 aliphatic rings. The monoisotopic (exact) mass is 332 g/mol. The summed E-state index contributed by atoms with van der Waals surface area (Å²) in [4.78, 5) is 26.6. The minimum atomic E-state index is -0.251. The van der Waals surface area contributed by atoms with Crippen molar-refractivity contribution in [1.29, 1.82) is 0 Å². The predicted octanol–water partition coefficient (Wildman–Crippen LogP) is 1.59. The summed E-state index contributed by atoms with van der Waals surface area (Å²) in [5.41, 5.74) is 0.515. The number of methoxy groups -OCH3 is 1. The Bertz CT molecular complexity index is 585. The smallest absolute Gasteiger partial charge is 0.251 e. The molecule has 0 spiro atoms. The van der Waals surface area contributed by atoms with Crippen molar-refractivity contribution in [2.75, 3.05) is 26.8 Å². The largest absolute Gasteiger partial charge is 0.497 e. The molecule has 0 bridgehead atoms. The standard InChI is InChI=1S/C18H24N2O4/c1-23-14-8-6-13(7-9-14)18(22)19-12-17(21)20-10-11-24-16-5-3-2-4-15(16)20/h6-9,15-16H,2-5,10-12H2,1H3,(H,19,22)/t15-,16-/m0/s1. The Kier molecular flexibility index (Phi) is 5.35. The molecule has 1 aromatic carbocycles. The van der Waals surface area contributed by atoms with Crippen LogP contribution < -0.4 is 10.1 Å². The van der Waals surface area contributed by atoms with Crippen LogP contribution >= 0.6 is 0 Å². The second-order valence-electron chi connectivity index (χ2n) is 6.26. The van der Waals surface area contributed by atoms with Gasteiger partial charge in [0.2, 0.25) is 5.91 Å². The fourth-order valence-corrected chi connectivity index (χ4v) is 3.51. The number of hydrogen-bond acceptors (Lipinski definition) is 4. The van der Waals surface area contributed by atoms with Crippen LogP contribution in [0, 0.1) is 0 Å². The average Bonchev–Trinajstić information content (AvgIpc) is 2.65. The van der Waals surface area contributed by atoms with Gasteiger partial charge in [-0.25, -0.2) is 0 Å². The molecule has 0 aromatic heterocycles. The van der Waals surface area contributed by atoms with Crippen molar-refractivity contribution < 1.29 is 19.1 Å². The highest BCUT2D eigenvalue weighted by atomic mass is 16.5. The van der Waals surface area contributed by atoms with Gasteiger partial charge in [-0.15, -0.1) is 0 Å². The molecule has 2 amide bonds. The van der Waals surface area contributed by atoms with Crippen molar-refractivity contribution in [3.63, 3.8) is 0 Å². The first-order valence-electron chi connectivity index (χ1n) is 8.52. The van der Waals surface area contributed by atoms with E-state index in [0.29, 0.717) is 24.5 Å². The number of carbonyl (C=O) groups is 2. The van der Waals surface area contributed by atoms with Crippen LogP contribution in [0.25, 0.3) is 0 Å². The second-order valence-corrected chi connectivity index (χ2v) is 6.26. The lowest BCUT2D eigenvalue weighted by molar-refractivity contribution is -0.148. The summed E-state index contributed by atoms with van der Waals surface area (Å²) in [7, 11) is 1.58. The summed E-state index contributed by atoms with van der Waals surface area (Å²) in [5, 5.41) is 2.72. The third-order valence-electron chi connectivity index (χ3n) is 4.80. The Labute approximate surface area is 142 Å². The number of rotatable bonds is 4. The van der Waals surface area contributed by atoms with Crippen LogP contribution in [-0.4, -0.2) is 55.7 Å². The highest BCUT2D eigenvalue weighted by molar-refractivity contribution is 5.96. The van der Waals surface area contributed by atoms with E-state index in [1.807, 2.05) is 4.90 Å². The highest BCUT2D eigenvalue weighted by Gasteiger charge is 2.36. The van der Waals surface area contributed by atoms with Crippen LogP contribution in [0.2, 0.25) is 0 Å². The zero-order chi connectivity index (χ0) is 16.9. The molecular weight excluding hydrogens is 308 g/mol. The fourth-order valence-electron chi connectivity index (χ4n) is 3.51. The first-order chi connectivity index (χ1) is 11.7. The Balaban J connectivity index is 1.55. The van der Waals surface area contributed by atoms with E-state index in [-0.39, 0.29) is 30.5 Å². The molecule has 2 atom stereocenters. The zero-order valence-corrected chi connectivity index (χ0v) is 14.0. The van der Waals surface area contributed by atoms with E-state index >= 15 is 0 Å². The molecule has 1 heterocycles. The average molecular weight is 332 g/mol. The first-order valence-corrected chi connectivity index (χ1v) is 8.52. The SMILES string of the molecule is COc1ccc(C(=O)NCC(=O)N2CCO[C@H]3CCCC[C@@H]32)cc1. The van der Waals surface area contributed by atoms with E-state index in [1.54, 1.807) is 31.4 Å². The van der Waals surface area contributed by atoms with E-state index in [1.165, 1.54) is 0 Å². The highest BCUT2D eigenvalue weighted by Crippen LogP contribution is 2.28. The molecule has 1 aliphatic heterocycles. The molecule has 1 saturated carbocycles. The van der Waals surface area contributed by atoms with Gasteiger partial charge in [0, 0.05) is 12.1 Å². The zero-order valence-electron chi connectivity index (χ0n) is 14.0. The van der Waals surface area contributed by atoms with Crippen LogP contribution in [0.3, 0.4) is 0 Å². The molecule has 1 aromatic rings. The fraction of sp³-hybridized carbons (Fsp3) is 0.556. The minimum absolute atomic E-state index is 0.0219. The maximum atomic E-state index is 12.5. The number of morpholine rings is 1. The van der Waals surface area contributed by atoms with Crippen molar-refractivity contribution in [2.45, 2.75) is 37.8 Å². The normalized spacial score (nSPS) is 23.3. The predicted molar refractivity (Wildman–Crippen MR) is 89.0 cm³/mol. The summed E-state index contributed by atoms with van der Waals surface area (Å²) in [6.45, 7) is 1.21. The summed E-state index contributed by atoms with van der Waals surface area (Å²) in [6, 6.07) is 6.99. The van der Waals surface area contributed by atoms with Gasteiger partial charge < -0.3 is 19.7 Å². The summed E-state index contributed by atoms with van der Waals surface area (Å²) in [5.74, 6) is 0.413. The molecule has 2 fully saturated rings. The van der Waals surface area contributed by atoms with Gasteiger partial charge in [0.15, 0.2) is 0 Å². The molecule has 6 heteroatoms. The minimum Gasteiger partial charge on any atom is -0.497 e. The van der Waals surface area contributed by atoms with Gasteiger partial charge in [0.05, 0.1) is 32.4 Å². The van der Waals surface area contributed by atoms with Crippen LogP contribution in [0.15, 0.2) is 24.3 Å². The van der Waals surface area contributed by atoms with E-state index < -0.39 is 0 Å². The Morgan fingerprint density at radius 3 is 2.75 bits per heavy atom. The lowest BCUT2D eigenvalue weighted by atomic mass is 9.90. The number of hydrogen-bond donors (Lipinski definition) is 1. The number of nitrogens with zero attached hydrogens (tertiary/aromatic N) is 1. The van der Waals surface area contributed by atoms with E-state index in [0.717, 1.165) is 25.7 Å². The molecule has 3 rings (SSSR count). The summed E-state index contributed by atoms with van der Waals surface area (Å²) >= 11 is 0. The van der Waals surface area contributed by atoms with Gasteiger partial charge in [-0.05, 0) is 37.1 Å². The van der Waals surface area contributed by atoms with Gasteiger partial charge in [-0.3, -0.25) is 9.59 Å². The van der Waals surface area contributed by atoms with E-state index in [9.17, 15) is 9.59 Å². The van der Waals surface area contributed by atoms with Crippen molar-refractivity contribution >= 4 is 11.8 Å². The third-order valence-corrected chi connectivity index (χ3v) is 4.80. The number of amides is 2. The van der Waals surface area contributed by atoms with E-state index in [4.69, 9.17) is 9.47 Å². The summed E-state index contributed by atoms with van der Waals surface area (Å²) in [6.07, 6.45) is 4.47. The quantitative estimate of drug-likeness (QED) is 0.909. The number of ether oxygens (including phenoxy) is 2. The lowest BCUT2D eigenvalue weighted by Crippen LogP contribution is -2.56. The van der Waals surface area contributed by atoms with Crippen LogP contribution in [0.4, 0.5) is 0 Å². The molecule has 1 saturated heterocycles. The van der Waals surface area contributed by atoms with Crippen molar-refractivity contribution in [3.8, 4) is 5.75 Å². The third kappa shape index (κ3) is 3.70. The Morgan fingerprint density at radius 2 is 2.00 bits per heavy atom. The first kappa shape index (κ1) is 16.8. The maximum Gasteiger partial charge on any atom is 0.251 e. The topological polar surface area (TPSA) is 67.9 Å². The van der Waals surface area contributed by atoms with Gasteiger partial charge >= 0.3 is 0 Å². The molecule has 0 unspecified atom stereocenters. The maximum absolute atomic E-state index is 12.5. The number of carbonyl (C=O) groups excluding carboxylic acids is 2. The molecule has 6 nitrogen and oxygen atoms in total. The molecule has 24 heavy (non-hydrogen) atoms. The van der Waals surface area contributed by atoms with E-state index in [2.05, 4.69) is 5.32 Å². The Morgan fingerprint density at radius 1 is 1.25 bits per heavy atom. The van der Waals surface area contributed by atoms with Crippen molar-refractivity contribution in [1.82, 2.24) is 10.2 Å².